The van der Waals surface area contributed by atoms with E-state index in [9.17, 15) is 0 Å². The fourth-order valence-corrected chi connectivity index (χ4v) is 2.87. The molecule has 0 amide bonds. The topological polar surface area (TPSA) is 0 Å². The van der Waals surface area contributed by atoms with Gasteiger partial charge in [-0.15, -0.1) is 0 Å². The molecule has 0 heteroatoms. The van der Waals surface area contributed by atoms with Gasteiger partial charge in [0.2, 0.25) is 0 Å². The molecular weight excluding hydrogens is 204 g/mol. The van der Waals surface area contributed by atoms with E-state index in [2.05, 4.69) is 60.7 Å². The summed E-state index contributed by atoms with van der Waals surface area (Å²) >= 11 is 0. The van der Waals surface area contributed by atoms with Crippen molar-refractivity contribution in [1.82, 2.24) is 0 Å². The molecule has 0 radical (unpaired) electrons. The lowest BCUT2D eigenvalue weighted by atomic mass is 9.99. The first-order valence-corrected chi connectivity index (χ1v) is 6.04. The van der Waals surface area contributed by atoms with Gasteiger partial charge in [0.1, 0.15) is 0 Å². The Labute approximate surface area is 99.5 Å². The van der Waals surface area contributed by atoms with E-state index in [0.29, 0.717) is 0 Å². The highest BCUT2D eigenvalue weighted by molar-refractivity contribution is 6.08. The van der Waals surface area contributed by atoms with Gasteiger partial charge in [0, 0.05) is 0 Å². The van der Waals surface area contributed by atoms with Crippen molar-refractivity contribution in [3.05, 3.63) is 59.0 Å². The smallest absolute Gasteiger partial charge is 0.00300 e. The molecule has 0 saturated carbocycles. The summed E-state index contributed by atoms with van der Waals surface area (Å²) in [4.78, 5) is 0. The zero-order valence-electron chi connectivity index (χ0n) is 9.48. The second-order valence-electron chi connectivity index (χ2n) is 4.60. The molecule has 0 spiro atoms. The van der Waals surface area contributed by atoms with Crippen molar-refractivity contribution in [2.24, 2.45) is 0 Å². The molecule has 0 aromatic heterocycles. The fraction of sp³-hybridized carbons (Fsp3) is 0.0588. The van der Waals surface area contributed by atoms with Crippen LogP contribution in [-0.4, -0.2) is 0 Å². The molecule has 3 aromatic rings. The Morgan fingerprint density at radius 3 is 1.65 bits per heavy atom. The zero-order valence-corrected chi connectivity index (χ0v) is 9.48. The summed E-state index contributed by atoms with van der Waals surface area (Å²) in [6.45, 7) is 0. The molecule has 3 aromatic carbocycles. The molecule has 1 aliphatic rings. The van der Waals surface area contributed by atoms with Gasteiger partial charge in [0.05, 0.1) is 0 Å². The van der Waals surface area contributed by atoms with E-state index >= 15 is 0 Å². The maximum absolute atomic E-state index is 2.32. The first kappa shape index (κ1) is 9.00. The molecule has 0 aliphatic heterocycles. The van der Waals surface area contributed by atoms with Crippen molar-refractivity contribution in [3.63, 3.8) is 0 Å². The van der Waals surface area contributed by atoms with Gasteiger partial charge in [-0.05, 0) is 38.4 Å². The third-order valence-electron chi connectivity index (χ3n) is 3.63. The van der Waals surface area contributed by atoms with Crippen LogP contribution < -0.4 is 10.4 Å². The molecular formula is C17H12. The average molecular weight is 216 g/mol. The van der Waals surface area contributed by atoms with Gasteiger partial charge in [0.25, 0.3) is 0 Å². The van der Waals surface area contributed by atoms with Crippen LogP contribution in [0, 0.1) is 0 Å². The van der Waals surface area contributed by atoms with E-state index in [1.807, 2.05) is 0 Å². The minimum Gasteiger partial charge on any atom is -0.0728 e. The first-order chi connectivity index (χ1) is 8.43. The van der Waals surface area contributed by atoms with E-state index in [1.165, 1.54) is 32.0 Å². The Kier molecular flexibility index (Phi) is 1.70. The standard InChI is InChI=1S/C17H12/c1-4-12-6-2-8-14-10-11-15-9-3-7-13(5-1)17(15)16(12)14/h2-11H,1H2. The monoisotopic (exact) mass is 216 g/mol. The van der Waals surface area contributed by atoms with Crippen molar-refractivity contribution in [2.75, 3.05) is 0 Å². The summed E-state index contributed by atoms with van der Waals surface area (Å²) in [5.74, 6) is 0. The van der Waals surface area contributed by atoms with Crippen LogP contribution in [0.15, 0.2) is 48.5 Å². The Balaban J connectivity index is 2.51. The van der Waals surface area contributed by atoms with Crippen LogP contribution in [0.1, 0.15) is 6.42 Å². The summed E-state index contributed by atoms with van der Waals surface area (Å²) in [7, 11) is 0. The maximum atomic E-state index is 2.32. The van der Waals surface area contributed by atoms with Crippen LogP contribution in [0.5, 0.6) is 0 Å². The second-order valence-corrected chi connectivity index (χ2v) is 4.60. The molecule has 0 fully saturated rings. The van der Waals surface area contributed by atoms with Crippen LogP contribution in [0.4, 0.5) is 0 Å². The molecule has 0 N–H and O–H groups in total. The van der Waals surface area contributed by atoms with Gasteiger partial charge >= 0.3 is 0 Å². The van der Waals surface area contributed by atoms with Crippen LogP contribution >= 0.6 is 0 Å². The molecule has 0 heterocycles. The van der Waals surface area contributed by atoms with Gasteiger partial charge in [-0.1, -0.05) is 60.7 Å². The van der Waals surface area contributed by atoms with Crippen LogP contribution in [-0.2, 0) is 0 Å². The summed E-state index contributed by atoms with van der Waals surface area (Å²) in [6, 6.07) is 17.6. The Bertz CT molecular complexity index is 781. The van der Waals surface area contributed by atoms with E-state index in [-0.39, 0.29) is 0 Å². The first-order valence-electron chi connectivity index (χ1n) is 6.04. The van der Waals surface area contributed by atoms with Crippen molar-refractivity contribution in [3.8, 4) is 0 Å². The van der Waals surface area contributed by atoms with E-state index in [1.54, 1.807) is 0 Å². The average Bonchev–Trinajstić information content (AvgIpc) is 2.57. The minimum absolute atomic E-state index is 1.02. The largest absolute Gasteiger partial charge is 0.0728 e. The third kappa shape index (κ3) is 1.18. The Hall–Kier alpha value is -2.08. The van der Waals surface area contributed by atoms with E-state index in [4.69, 9.17) is 0 Å². The Morgan fingerprint density at radius 2 is 1.12 bits per heavy atom. The highest BCUT2D eigenvalue weighted by Crippen LogP contribution is 2.20. The molecule has 80 valence electrons. The molecule has 0 saturated heterocycles. The molecule has 0 atom stereocenters. The lowest BCUT2D eigenvalue weighted by Gasteiger charge is -2.04. The number of hydrogen-bond donors (Lipinski definition) is 0. The summed E-state index contributed by atoms with van der Waals surface area (Å²) in [6.07, 6.45) is 5.66. The fourth-order valence-electron chi connectivity index (χ4n) is 2.87. The molecule has 1 aliphatic carbocycles. The molecule has 0 unspecified atom stereocenters. The van der Waals surface area contributed by atoms with Gasteiger partial charge in [-0.25, -0.2) is 0 Å². The molecule has 0 nitrogen and oxygen atoms in total. The van der Waals surface area contributed by atoms with Gasteiger partial charge < -0.3 is 0 Å². The van der Waals surface area contributed by atoms with Gasteiger partial charge in [0.15, 0.2) is 0 Å². The highest BCUT2D eigenvalue weighted by atomic mass is 14.1. The number of rotatable bonds is 0. The van der Waals surface area contributed by atoms with E-state index in [0.717, 1.165) is 6.42 Å². The van der Waals surface area contributed by atoms with E-state index < -0.39 is 0 Å². The third-order valence-corrected chi connectivity index (χ3v) is 3.63. The molecule has 17 heavy (non-hydrogen) atoms. The quantitative estimate of drug-likeness (QED) is 0.507. The van der Waals surface area contributed by atoms with Crippen molar-refractivity contribution in [2.45, 2.75) is 6.42 Å². The molecule has 4 rings (SSSR count). The lowest BCUT2D eigenvalue weighted by Crippen LogP contribution is -2.05. The van der Waals surface area contributed by atoms with Crippen LogP contribution in [0.3, 0.4) is 0 Å². The summed E-state index contributed by atoms with van der Waals surface area (Å²) < 4.78 is 0. The normalized spacial score (nSPS) is 13.4. The van der Waals surface area contributed by atoms with Crippen LogP contribution in [0.25, 0.3) is 33.7 Å². The van der Waals surface area contributed by atoms with Crippen LogP contribution in [0.2, 0.25) is 0 Å². The second kappa shape index (κ2) is 3.21. The van der Waals surface area contributed by atoms with Crippen molar-refractivity contribution >= 4 is 33.7 Å². The predicted octanol–water partition coefficient (Wildman–Crippen LogP) is 2.96. The maximum Gasteiger partial charge on any atom is -0.00300 e. The SMILES string of the molecule is C1=c2cccc3ccc4cccc(c4c23)=CC1. The highest BCUT2D eigenvalue weighted by Gasteiger charge is 2.04. The number of hydrogen-bond acceptors (Lipinski definition) is 0. The molecule has 0 bridgehead atoms. The zero-order chi connectivity index (χ0) is 11.2. The number of benzene rings is 3. The Morgan fingerprint density at radius 1 is 0.588 bits per heavy atom. The summed E-state index contributed by atoms with van der Waals surface area (Å²) in [5.41, 5.74) is 0. The van der Waals surface area contributed by atoms with Gasteiger partial charge in [-0.3, -0.25) is 0 Å². The van der Waals surface area contributed by atoms with Crippen molar-refractivity contribution < 1.29 is 0 Å². The minimum atomic E-state index is 1.02. The van der Waals surface area contributed by atoms with Gasteiger partial charge in [-0.2, -0.15) is 0 Å². The van der Waals surface area contributed by atoms with Crippen molar-refractivity contribution in [1.29, 1.82) is 0 Å². The lowest BCUT2D eigenvalue weighted by molar-refractivity contribution is 1.57. The summed E-state index contributed by atoms with van der Waals surface area (Å²) in [5, 5.41) is 8.25. The predicted molar refractivity (Wildman–Crippen MR) is 74.3 cm³/mol.